The summed E-state index contributed by atoms with van der Waals surface area (Å²) in [5, 5.41) is 3.11. The molecule has 0 radical (unpaired) electrons. The van der Waals surface area contributed by atoms with E-state index in [4.69, 9.17) is 0 Å². The number of hydrogen-bond donors (Lipinski definition) is 2. The molecule has 4 fully saturated rings. The molecule has 0 aromatic carbocycles. The Hall–Kier alpha value is -1.16. The van der Waals surface area contributed by atoms with Gasteiger partial charge in [0, 0.05) is 18.2 Å². The zero-order valence-corrected chi connectivity index (χ0v) is 12.1. The minimum Gasteiger partial charge on any atom is -0.314 e. The molecule has 1 aromatic heterocycles. The molecule has 4 aliphatic carbocycles. The fourth-order valence-electron chi connectivity index (χ4n) is 5.39. The number of nitrogens with one attached hydrogen (secondary N) is 2. The summed E-state index contributed by atoms with van der Waals surface area (Å²) in [7, 11) is 1.90. The Bertz CT molecular complexity index is 537. The van der Waals surface area contributed by atoms with Gasteiger partial charge in [-0.2, -0.15) is 4.98 Å². The molecule has 0 saturated heterocycles. The molecule has 0 spiro atoms. The average molecular weight is 273 g/mol. The molecule has 4 saturated carbocycles. The van der Waals surface area contributed by atoms with E-state index < -0.39 is 0 Å². The lowest BCUT2D eigenvalue weighted by Crippen LogP contribution is -2.44. The van der Waals surface area contributed by atoms with Gasteiger partial charge >= 0.3 is 5.69 Å². The van der Waals surface area contributed by atoms with Crippen LogP contribution in [0.15, 0.2) is 10.9 Å². The van der Waals surface area contributed by atoms with Crippen molar-refractivity contribution in [2.24, 2.45) is 23.7 Å². The molecule has 0 unspecified atom stereocenters. The number of aromatic amines is 1. The Kier molecular flexibility index (Phi) is 2.95. The van der Waals surface area contributed by atoms with E-state index in [2.05, 4.69) is 21.4 Å². The third-order valence-electron chi connectivity index (χ3n) is 5.76. The third kappa shape index (κ3) is 2.01. The highest BCUT2D eigenvalue weighted by molar-refractivity contribution is 5.19. The normalized spacial score (nSPS) is 38.4. The van der Waals surface area contributed by atoms with Crippen LogP contribution in [0, 0.1) is 23.7 Å². The Morgan fingerprint density at radius 3 is 2.45 bits per heavy atom. The van der Waals surface area contributed by atoms with Gasteiger partial charge in [0.15, 0.2) is 0 Å². The molecular weight excluding hydrogens is 250 g/mol. The quantitative estimate of drug-likeness (QED) is 0.886. The Morgan fingerprint density at radius 1 is 1.20 bits per heavy atom. The monoisotopic (exact) mass is 273 g/mol. The zero-order chi connectivity index (χ0) is 13.7. The molecule has 0 atom stereocenters. The molecule has 2 N–H and O–H groups in total. The predicted molar refractivity (Wildman–Crippen MR) is 77.4 cm³/mol. The van der Waals surface area contributed by atoms with Crippen molar-refractivity contribution in [3.8, 4) is 0 Å². The maximum absolute atomic E-state index is 11.8. The summed E-state index contributed by atoms with van der Waals surface area (Å²) in [6.45, 7) is 0.706. The lowest BCUT2D eigenvalue weighted by Gasteiger charge is -2.54. The van der Waals surface area contributed by atoms with Crippen LogP contribution in [0.25, 0.3) is 0 Å². The molecule has 0 aliphatic heterocycles. The molecule has 20 heavy (non-hydrogen) atoms. The van der Waals surface area contributed by atoms with Crippen LogP contribution in [-0.4, -0.2) is 17.0 Å². The SMILES string of the molecule is CNCc1cc(C2C3CC4CC(C3)CC2C4)nc(=O)[nH]1. The highest BCUT2D eigenvalue weighted by Gasteiger charge is 2.49. The summed E-state index contributed by atoms with van der Waals surface area (Å²) in [6.07, 6.45) is 6.94. The van der Waals surface area contributed by atoms with E-state index in [0.717, 1.165) is 35.1 Å². The largest absolute Gasteiger partial charge is 0.345 e. The fourth-order valence-corrected chi connectivity index (χ4v) is 5.39. The van der Waals surface area contributed by atoms with Crippen LogP contribution in [0.3, 0.4) is 0 Å². The average Bonchev–Trinajstić information content (AvgIpc) is 2.37. The van der Waals surface area contributed by atoms with Gasteiger partial charge in [0.2, 0.25) is 0 Å². The standard InChI is InChI=1S/C16H23N3O/c1-17-8-13-7-14(19-16(20)18-13)15-11-3-9-2-10(5-11)6-12(15)4-9/h7,9-12,15,17H,2-6,8H2,1H3,(H,18,19,20). The molecular formula is C16H23N3O. The summed E-state index contributed by atoms with van der Waals surface area (Å²) in [6, 6.07) is 2.13. The van der Waals surface area contributed by atoms with E-state index in [-0.39, 0.29) is 5.69 Å². The molecule has 4 aliphatic rings. The van der Waals surface area contributed by atoms with Crippen molar-refractivity contribution in [3.63, 3.8) is 0 Å². The van der Waals surface area contributed by atoms with E-state index in [1.54, 1.807) is 0 Å². The smallest absolute Gasteiger partial charge is 0.314 e. The third-order valence-corrected chi connectivity index (χ3v) is 5.76. The lowest BCUT2D eigenvalue weighted by molar-refractivity contribution is -0.00429. The molecule has 4 heteroatoms. The zero-order valence-electron chi connectivity index (χ0n) is 12.1. The van der Waals surface area contributed by atoms with Gasteiger partial charge < -0.3 is 10.3 Å². The molecule has 5 rings (SSSR count). The van der Waals surface area contributed by atoms with Crippen molar-refractivity contribution in [1.29, 1.82) is 0 Å². The molecule has 4 bridgehead atoms. The minimum atomic E-state index is -0.179. The van der Waals surface area contributed by atoms with Gasteiger partial charge in [0.05, 0.1) is 5.69 Å². The van der Waals surface area contributed by atoms with Crippen molar-refractivity contribution in [2.45, 2.75) is 44.6 Å². The first-order valence-corrected chi connectivity index (χ1v) is 7.97. The van der Waals surface area contributed by atoms with Gasteiger partial charge in [-0.05, 0) is 68.9 Å². The topological polar surface area (TPSA) is 57.8 Å². The Balaban J connectivity index is 1.68. The predicted octanol–water partition coefficient (Wildman–Crippen LogP) is 2.03. The summed E-state index contributed by atoms with van der Waals surface area (Å²) in [5.41, 5.74) is 1.85. The first-order chi connectivity index (χ1) is 9.72. The van der Waals surface area contributed by atoms with Crippen molar-refractivity contribution in [2.75, 3.05) is 7.05 Å². The second kappa shape index (κ2) is 4.69. The fraction of sp³-hybridized carbons (Fsp3) is 0.750. The van der Waals surface area contributed by atoms with Crippen LogP contribution in [0.2, 0.25) is 0 Å². The molecule has 1 heterocycles. The molecule has 0 amide bonds. The van der Waals surface area contributed by atoms with Gasteiger partial charge in [-0.1, -0.05) is 0 Å². The van der Waals surface area contributed by atoms with Crippen molar-refractivity contribution in [1.82, 2.24) is 15.3 Å². The molecule has 1 aromatic rings. The number of nitrogens with zero attached hydrogens (tertiary/aromatic N) is 1. The van der Waals surface area contributed by atoms with Crippen molar-refractivity contribution < 1.29 is 0 Å². The first-order valence-electron chi connectivity index (χ1n) is 7.97. The van der Waals surface area contributed by atoms with Crippen LogP contribution >= 0.6 is 0 Å². The first kappa shape index (κ1) is 12.6. The highest BCUT2D eigenvalue weighted by atomic mass is 16.1. The van der Waals surface area contributed by atoms with Gasteiger partial charge in [-0.15, -0.1) is 0 Å². The van der Waals surface area contributed by atoms with Crippen LogP contribution in [0.5, 0.6) is 0 Å². The Labute approximate surface area is 119 Å². The van der Waals surface area contributed by atoms with E-state index in [0.29, 0.717) is 12.5 Å². The summed E-state index contributed by atoms with van der Waals surface area (Å²) in [5.74, 6) is 4.03. The van der Waals surface area contributed by atoms with Crippen molar-refractivity contribution in [3.05, 3.63) is 27.9 Å². The Morgan fingerprint density at radius 2 is 1.85 bits per heavy atom. The van der Waals surface area contributed by atoms with Crippen molar-refractivity contribution >= 4 is 0 Å². The summed E-state index contributed by atoms with van der Waals surface area (Å²) < 4.78 is 0. The van der Waals surface area contributed by atoms with Crippen LogP contribution < -0.4 is 11.0 Å². The number of hydrogen-bond acceptors (Lipinski definition) is 3. The van der Waals surface area contributed by atoms with E-state index in [1.165, 1.54) is 32.1 Å². The van der Waals surface area contributed by atoms with Gasteiger partial charge in [0.1, 0.15) is 0 Å². The second-order valence-electron chi connectivity index (χ2n) is 7.12. The summed E-state index contributed by atoms with van der Waals surface area (Å²) in [4.78, 5) is 19.0. The maximum Gasteiger partial charge on any atom is 0.345 e. The minimum absolute atomic E-state index is 0.179. The van der Waals surface area contributed by atoms with Crippen LogP contribution in [0.4, 0.5) is 0 Å². The number of aromatic nitrogens is 2. The summed E-state index contributed by atoms with van der Waals surface area (Å²) >= 11 is 0. The molecule has 4 nitrogen and oxygen atoms in total. The second-order valence-corrected chi connectivity index (χ2v) is 7.12. The van der Waals surface area contributed by atoms with E-state index in [9.17, 15) is 4.79 Å². The maximum atomic E-state index is 11.8. The lowest BCUT2D eigenvalue weighted by atomic mass is 9.51. The molecule has 108 valence electrons. The van der Waals surface area contributed by atoms with Gasteiger partial charge in [-0.3, -0.25) is 0 Å². The van der Waals surface area contributed by atoms with Gasteiger partial charge in [-0.25, -0.2) is 4.79 Å². The van der Waals surface area contributed by atoms with Gasteiger partial charge in [0.25, 0.3) is 0 Å². The van der Waals surface area contributed by atoms with E-state index >= 15 is 0 Å². The highest BCUT2D eigenvalue weighted by Crippen LogP contribution is 2.59. The van der Waals surface area contributed by atoms with E-state index in [1.807, 2.05) is 7.05 Å². The van der Waals surface area contributed by atoms with Crippen LogP contribution in [0.1, 0.15) is 49.4 Å². The van der Waals surface area contributed by atoms with Crippen LogP contribution in [-0.2, 0) is 6.54 Å². The number of rotatable bonds is 3. The number of H-pyrrole nitrogens is 1.